The van der Waals surface area contributed by atoms with Crippen LogP contribution in [0.3, 0.4) is 0 Å². The summed E-state index contributed by atoms with van der Waals surface area (Å²) in [7, 11) is -3.38. The molecule has 0 fully saturated rings. The Morgan fingerprint density at radius 3 is 2.87 bits per heavy atom. The van der Waals surface area contributed by atoms with Gasteiger partial charge in [-0.15, -0.1) is 11.3 Å². The van der Waals surface area contributed by atoms with E-state index in [0.717, 1.165) is 0 Å². The maximum atomic E-state index is 11.5. The number of nitrogens with one attached hydrogen (secondary N) is 1. The van der Waals surface area contributed by atoms with Crippen molar-refractivity contribution in [1.82, 2.24) is 4.72 Å². The highest BCUT2D eigenvalue weighted by molar-refractivity contribution is 7.91. The minimum absolute atomic E-state index is 0.0579. The molecule has 0 unspecified atom stereocenters. The highest BCUT2D eigenvalue weighted by atomic mass is 32.2. The van der Waals surface area contributed by atoms with Crippen LogP contribution in [0, 0.1) is 0 Å². The van der Waals surface area contributed by atoms with Gasteiger partial charge in [0.1, 0.15) is 4.21 Å². The average Bonchev–Trinajstić information content (AvgIpc) is 2.70. The molecule has 1 aromatic rings. The molecule has 0 aliphatic carbocycles. The molecule has 1 rings (SSSR count). The zero-order chi connectivity index (χ0) is 11.1. The Hall–Kier alpha value is -0.470. The fourth-order valence-corrected chi connectivity index (χ4v) is 2.95. The van der Waals surface area contributed by atoms with Gasteiger partial charge in [0.05, 0.1) is 19.8 Å². The lowest BCUT2D eigenvalue weighted by molar-refractivity contribution is 0.0961. The third kappa shape index (κ3) is 4.27. The number of aliphatic hydroxyl groups excluding tert-OH is 1. The van der Waals surface area contributed by atoms with Crippen molar-refractivity contribution in [2.24, 2.45) is 0 Å². The first-order valence-electron chi connectivity index (χ1n) is 4.38. The molecule has 0 amide bonds. The van der Waals surface area contributed by atoms with Gasteiger partial charge in [0.2, 0.25) is 10.0 Å². The van der Waals surface area contributed by atoms with E-state index in [4.69, 9.17) is 9.84 Å². The molecule has 86 valence electrons. The predicted octanol–water partition coefficient (Wildman–Crippen LogP) is 0.0353. The van der Waals surface area contributed by atoms with E-state index in [9.17, 15) is 8.42 Å². The first-order chi connectivity index (χ1) is 7.17. The van der Waals surface area contributed by atoms with Crippen molar-refractivity contribution in [3.63, 3.8) is 0 Å². The molecule has 0 saturated heterocycles. The number of rotatable bonds is 7. The van der Waals surface area contributed by atoms with Gasteiger partial charge in [-0.1, -0.05) is 6.07 Å². The first kappa shape index (κ1) is 12.6. The Balaban J connectivity index is 2.32. The van der Waals surface area contributed by atoms with Gasteiger partial charge >= 0.3 is 0 Å². The summed E-state index contributed by atoms with van der Waals surface area (Å²) in [6.45, 7) is 0.629. The number of hydrogen-bond acceptors (Lipinski definition) is 5. The summed E-state index contributed by atoms with van der Waals surface area (Å²) < 4.78 is 30.7. The number of hydrogen-bond donors (Lipinski definition) is 2. The zero-order valence-corrected chi connectivity index (χ0v) is 9.68. The van der Waals surface area contributed by atoms with Gasteiger partial charge in [-0.25, -0.2) is 13.1 Å². The molecule has 2 N–H and O–H groups in total. The maximum Gasteiger partial charge on any atom is 0.250 e. The van der Waals surface area contributed by atoms with Crippen molar-refractivity contribution in [3.8, 4) is 0 Å². The molecular weight excluding hydrogens is 238 g/mol. The zero-order valence-electron chi connectivity index (χ0n) is 8.05. The van der Waals surface area contributed by atoms with Crippen LogP contribution >= 0.6 is 11.3 Å². The number of ether oxygens (including phenoxy) is 1. The van der Waals surface area contributed by atoms with Gasteiger partial charge in [-0.3, -0.25) is 0 Å². The molecule has 0 aliphatic rings. The fourth-order valence-electron chi connectivity index (χ4n) is 0.902. The van der Waals surface area contributed by atoms with Crippen LogP contribution in [0.1, 0.15) is 0 Å². The van der Waals surface area contributed by atoms with Crippen molar-refractivity contribution >= 4 is 21.4 Å². The summed E-state index contributed by atoms with van der Waals surface area (Å²) in [6.07, 6.45) is 0. The van der Waals surface area contributed by atoms with E-state index >= 15 is 0 Å². The maximum absolute atomic E-state index is 11.5. The molecular formula is C8H13NO4S2. The second kappa shape index (κ2) is 6.19. The number of thiophene rings is 1. The highest BCUT2D eigenvalue weighted by Gasteiger charge is 2.13. The molecule has 15 heavy (non-hydrogen) atoms. The number of sulfonamides is 1. The van der Waals surface area contributed by atoms with Gasteiger partial charge < -0.3 is 9.84 Å². The third-order valence-corrected chi connectivity index (χ3v) is 4.39. The molecule has 5 nitrogen and oxygen atoms in total. The van der Waals surface area contributed by atoms with Gasteiger partial charge in [0, 0.05) is 6.54 Å². The van der Waals surface area contributed by atoms with Crippen LogP contribution in [0.25, 0.3) is 0 Å². The van der Waals surface area contributed by atoms with E-state index in [2.05, 4.69) is 4.72 Å². The Bertz CT molecular complexity index is 360. The smallest absolute Gasteiger partial charge is 0.250 e. The fraction of sp³-hybridized carbons (Fsp3) is 0.500. The van der Waals surface area contributed by atoms with E-state index in [1.165, 1.54) is 11.3 Å². The molecule has 0 spiro atoms. The topological polar surface area (TPSA) is 75.6 Å². The molecule has 0 aliphatic heterocycles. The predicted molar refractivity (Wildman–Crippen MR) is 57.4 cm³/mol. The lowest BCUT2D eigenvalue weighted by Crippen LogP contribution is -2.27. The number of aliphatic hydroxyl groups is 1. The molecule has 1 aromatic heterocycles. The molecule has 0 atom stereocenters. The summed E-state index contributed by atoms with van der Waals surface area (Å²) in [4.78, 5) is 0. The molecule has 7 heteroatoms. The van der Waals surface area contributed by atoms with Crippen LogP contribution in [0.4, 0.5) is 0 Å². The molecule has 1 heterocycles. The van der Waals surface area contributed by atoms with Gasteiger partial charge in [0.15, 0.2) is 0 Å². The summed E-state index contributed by atoms with van der Waals surface area (Å²) in [5.41, 5.74) is 0. The Labute approximate surface area is 92.7 Å². The summed E-state index contributed by atoms with van der Waals surface area (Å²) in [6, 6.07) is 3.23. The van der Waals surface area contributed by atoms with E-state index in [1.807, 2.05) is 0 Å². The lowest BCUT2D eigenvalue weighted by atomic mass is 10.7. The minimum atomic E-state index is -3.38. The van der Waals surface area contributed by atoms with Crippen LogP contribution in [0.2, 0.25) is 0 Å². The summed E-state index contributed by atoms with van der Waals surface area (Å²) in [5, 5.41) is 10.1. The van der Waals surface area contributed by atoms with Crippen molar-refractivity contribution in [2.45, 2.75) is 4.21 Å². The van der Waals surface area contributed by atoms with E-state index in [1.54, 1.807) is 17.5 Å². The van der Waals surface area contributed by atoms with Crippen LogP contribution in [0.15, 0.2) is 21.7 Å². The first-order valence-corrected chi connectivity index (χ1v) is 6.75. The van der Waals surface area contributed by atoms with Gasteiger partial charge in [-0.05, 0) is 11.4 Å². The summed E-state index contributed by atoms with van der Waals surface area (Å²) >= 11 is 1.17. The average molecular weight is 251 g/mol. The monoisotopic (exact) mass is 251 g/mol. The minimum Gasteiger partial charge on any atom is -0.394 e. The Kier molecular flexibility index (Phi) is 5.20. The van der Waals surface area contributed by atoms with Crippen LogP contribution in [-0.2, 0) is 14.8 Å². The quantitative estimate of drug-likeness (QED) is 0.671. The van der Waals surface area contributed by atoms with Crippen molar-refractivity contribution < 1.29 is 18.3 Å². The Morgan fingerprint density at radius 2 is 2.27 bits per heavy atom. The largest absolute Gasteiger partial charge is 0.394 e. The standard InChI is InChI=1S/C8H13NO4S2/c10-4-6-13-5-3-9-15(11,12)8-2-1-7-14-8/h1-2,7,9-10H,3-6H2. The summed E-state index contributed by atoms with van der Waals surface area (Å²) in [5.74, 6) is 0. The van der Waals surface area contributed by atoms with Gasteiger partial charge in [0.25, 0.3) is 0 Å². The van der Waals surface area contributed by atoms with E-state index in [-0.39, 0.29) is 26.4 Å². The SMILES string of the molecule is O=S(=O)(NCCOCCO)c1cccs1. The molecule has 0 radical (unpaired) electrons. The third-order valence-electron chi connectivity index (χ3n) is 1.53. The van der Waals surface area contributed by atoms with Crippen molar-refractivity contribution in [1.29, 1.82) is 0 Å². The molecule has 0 saturated carbocycles. The van der Waals surface area contributed by atoms with Gasteiger partial charge in [-0.2, -0.15) is 0 Å². The van der Waals surface area contributed by atoms with Crippen molar-refractivity contribution in [3.05, 3.63) is 17.5 Å². The van der Waals surface area contributed by atoms with E-state index < -0.39 is 10.0 Å². The van der Waals surface area contributed by atoms with Crippen LogP contribution in [0.5, 0.6) is 0 Å². The second-order valence-electron chi connectivity index (χ2n) is 2.67. The normalized spacial score (nSPS) is 11.8. The lowest BCUT2D eigenvalue weighted by Gasteiger charge is -2.04. The molecule has 0 bridgehead atoms. The van der Waals surface area contributed by atoms with Crippen molar-refractivity contribution in [2.75, 3.05) is 26.4 Å². The van der Waals surface area contributed by atoms with Crippen LogP contribution < -0.4 is 4.72 Å². The molecule has 0 aromatic carbocycles. The van der Waals surface area contributed by atoms with Crippen LogP contribution in [-0.4, -0.2) is 39.9 Å². The Morgan fingerprint density at radius 1 is 1.47 bits per heavy atom. The highest BCUT2D eigenvalue weighted by Crippen LogP contribution is 2.14. The van der Waals surface area contributed by atoms with E-state index in [0.29, 0.717) is 4.21 Å². The second-order valence-corrected chi connectivity index (χ2v) is 5.61.